The fourth-order valence-electron chi connectivity index (χ4n) is 3.99. The molecule has 7 nitrogen and oxygen atoms in total. The van der Waals surface area contributed by atoms with E-state index in [4.69, 9.17) is 0 Å². The van der Waals surface area contributed by atoms with Gasteiger partial charge in [0.25, 0.3) is 5.91 Å². The van der Waals surface area contributed by atoms with E-state index in [0.29, 0.717) is 17.8 Å². The van der Waals surface area contributed by atoms with E-state index >= 15 is 0 Å². The molecule has 0 radical (unpaired) electrons. The number of anilines is 1. The summed E-state index contributed by atoms with van der Waals surface area (Å²) in [6.07, 6.45) is 3.13. The van der Waals surface area contributed by atoms with Crippen molar-refractivity contribution in [1.29, 1.82) is 0 Å². The normalized spacial score (nSPS) is 19.4. The molecule has 166 valence electrons. The molecule has 0 saturated carbocycles. The molecule has 3 amide bonds. The van der Waals surface area contributed by atoms with Gasteiger partial charge in [0, 0.05) is 36.9 Å². The average molecular weight is 417 g/mol. The highest BCUT2D eigenvalue weighted by Gasteiger charge is 2.21. The Morgan fingerprint density at radius 1 is 1.07 bits per heavy atom. The van der Waals surface area contributed by atoms with E-state index in [1.165, 1.54) is 6.42 Å². The molecule has 0 aliphatic carbocycles. The first-order chi connectivity index (χ1) is 14.2. The number of nitrogens with one attached hydrogen (secondary N) is 3. The van der Waals surface area contributed by atoms with Crippen molar-refractivity contribution in [2.45, 2.75) is 53.0 Å². The van der Waals surface area contributed by atoms with Crippen molar-refractivity contribution in [3.8, 4) is 0 Å². The van der Waals surface area contributed by atoms with E-state index in [9.17, 15) is 14.4 Å². The maximum absolute atomic E-state index is 12.1. The molecule has 0 spiro atoms. The predicted octanol–water partition coefficient (Wildman–Crippen LogP) is 2.64. The second kappa shape index (κ2) is 11.7. The molecule has 0 aromatic heterocycles. The Kier molecular flexibility index (Phi) is 9.30. The van der Waals surface area contributed by atoms with E-state index < -0.39 is 11.8 Å². The first-order valence-corrected chi connectivity index (χ1v) is 11.0. The lowest BCUT2D eigenvalue weighted by atomic mass is 9.92. The monoisotopic (exact) mass is 416 g/mol. The zero-order valence-electron chi connectivity index (χ0n) is 18.7. The highest BCUT2D eigenvalue weighted by molar-refractivity contribution is 6.39. The summed E-state index contributed by atoms with van der Waals surface area (Å²) >= 11 is 0. The fourth-order valence-corrected chi connectivity index (χ4v) is 3.99. The Labute approximate surface area is 180 Å². The van der Waals surface area contributed by atoms with Crippen molar-refractivity contribution in [1.82, 2.24) is 15.5 Å². The molecule has 1 aliphatic rings. The third kappa shape index (κ3) is 8.14. The molecule has 30 heavy (non-hydrogen) atoms. The summed E-state index contributed by atoms with van der Waals surface area (Å²) in [5, 5.41) is 8.02. The number of amides is 3. The molecule has 0 unspecified atom stereocenters. The van der Waals surface area contributed by atoms with Crippen molar-refractivity contribution >= 4 is 23.4 Å². The summed E-state index contributed by atoms with van der Waals surface area (Å²) in [6, 6.07) is 6.56. The van der Waals surface area contributed by atoms with Crippen molar-refractivity contribution < 1.29 is 14.4 Å². The van der Waals surface area contributed by atoms with Crippen LogP contribution in [0.5, 0.6) is 0 Å². The number of nitrogens with zero attached hydrogens (tertiary/aromatic N) is 1. The summed E-state index contributed by atoms with van der Waals surface area (Å²) in [5.74, 6) is -0.121. The van der Waals surface area contributed by atoms with Gasteiger partial charge < -0.3 is 20.9 Å². The van der Waals surface area contributed by atoms with Crippen LogP contribution in [-0.4, -0.2) is 54.8 Å². The molecule has 0 bridgehead atoms. The molecule has 2 rings (SSSR count). The third-order valence-electron chi connectivity index (χ3n) is 5.14. The van der Waals surface area contributed by atoms with Crippen LogP contribution >= 0.6 is 0 Å². The van der Waals surface area contributed by atoms with E-state index in [1.807, 2.05) is 13.8 Å². The van der Waals surface area contributed by atoms with Crippen LogP contribution in [0.3, 0.4) is 0 Å². The Bertz CT molecular complexity index is 725. The maximum Gasteiger partial charge on any atom is 0.313 e. The SMILES string of the molecule is CC(C)NC(=O)c1cccc(NC(=O)C(=O)NCCCCN2C[C@H](C)C[C@@H](C)C2)c1. The Morgan fingerprint density at radius 3 is 2.43 bits per heavy atom. The van der Waals surface area contributed by atoms with Gasteiger partial charge in [0.05, 0.1) is 0 Å². The highest BCUT2D eigenvalue weighted by Crippen LogP contribution is 2.21. The molecule has 1 fully saturated rings. The van der Waals surface area contributed by atoms with Crippen LogP contribution in [-0.2, 0) is 9.59 Å². The Morgan fingerprint density at radius 2 is 1.77 bits per heavy atom. The largest absolute Gasteiger partial charge is 0.350 e. The number of piperidine rings is 1. The lowest BCUT2D eigenvalue weighted by Gasteiger charge is -2.34. The zero-order chi connectivity index (χ0) is 22.1. The highest BCUT2D eigenvalue weighted by atomic mass is 16.2. The lowest BCUT2D eigenvalue weighted by Crippen LogP contribution is -2.39. The van der Waals surface area contributed by atoms with Gasteiger partial charge in [-0.05, 0) is 69.7 Å². The van der Waals surface area contributed by atoms with Crippen molar-refractivity contribution in [2.75, 3.05) is 31.5 Å². The molecular formula is C23H36N4O3. The van der Waals surface area contributed by atoms with Crippen LogP contribution in [0.15, 0.2) is 24.3 Å². The number of hydrogen-bond donors (Lipinski definition) is 3. The number of carbonyl (C=O) groups excluding carboxylic acids is 3. The summed E-state index contributed by atoms with van der Waals surface area (Å²) in [5.41, 5.74) is 0.850. The molecule has 1 aromatic carbocycles. The van der Waals surface area contributed by atoms with Crippen molar-refractivity contribution in [2.24, 2.45) is 11.8 Å². The Hall–Kier alpha value is -2.41. The van der Waals surface area contributed by atoms with E-state index in [1.54, 1.807) is 24.3 Å². The van der Waals surface area contributed by atoms with Crippen LogP contribution < -0.4 is 16.0 Å². The third-order valence-corrected chi connectivity index (χ3v) is 5.14. The van der Waals surface area contributed by atoms with Crippen LogP contribution in [0, 0.1) is 11.8 Å². The van der Waals surface area contributed by atoms with Gasteiger partial charge in [0.1, 0.15) is 0 Å². The van der Waals surface area contributed by atoms with Gasteiger partial charge in [-0.3, -0.25) is 14.4 Å². The lowest BCUT2D eigenvalue weighted by molar-refractivity contribution is -0.136. The number of carbonyl (C=O) groups is 3. The summed E-state index contributed by atoms with van der Waals surface area (Å²) in [4.78, 5) is 38.7. The van der Waals surface area contributed by atoms with Crippen molar-refractivity contribution in [3.05, 3.63) is 29.8 Å². The first kappa shape index (κ1) is 23.9. The average Bonchev–Trinajstić information content (AvgIpc) is 2.66. The summed E-state index contributed by atoms with van der Waals surface area (Å²) in [6.45, 7) is 12.1. The van der Waals surface area contributed by atoms with Gasteiger partial charge >= 0.3 is 11.8 Å². The fraction of sp³-hybridized carbons (Fsp3) is 0.609. The summed E-state index contributed by atoms with van der Waals surface area (Å²) in [7, 11) is 0. The van der Waals surface area contributed by atoms with Gasteiger partial charge in [-0.25, -0.2) is 0 Å². The number of unbranched alkanes of at least 4 members (excludes halogenated alkanes) is 1. The van der Waals surface area contributed by atoms with Crippen LogP contribution in [0.4, 0.5) is 5.69 Å². The second-order valence-electron chi connectivity index (χ2n) is 8.83. The van der Waals surface area contributed by atoms with E-state index in [2.05, 4.69) is 34.7 Å². The smallest absolute Gasteiger partial charge is 0.313 e. The quantitative estimate of drug-likeness (QED) is 0.449. The number of likely N-dealkylation sites (tertiary alicyclic amines) is 1. The van der Waals surface area contributed by atoms with Crippen LogP contribution in [0.25, 0.3) is 0 Å². The number of rotatable bonds is 8. The molecule has 2 atom stereocenters. The molecule has 1 heterocycles. The van der Waals surface area contributed by atoms with Gasteiger partial charge in [0.15, 0.2) is 0 Å². The Balaban J connectivity index is 1.70. The minimum Gasteiger partial charge on any atom is -0.350 e. The van der Waals surface area contributed by atoms with Gasteiger partial charge in [-0.1, -0.05) is 19.9 Å². The molecule has 3 N–H and O–H groups in total. The van der Waals surface area contributed by atoms with E-state index in [-0.39, 0.29) is 11.9 Å². The zero-order valence-corrected chi connectivity index (χ0v) is 18.7. The maximum atomic E-state index is 12.1. The summed E-state index contributed by atoms with van der Waals surface area (Å²) < 4.78 is 0. The molecule has 1 aliphatic heterocycles. The predicted molar refractivity (Wildman–Crippen MR) is 119 cm³/mol. The first-order valence-electron chi connectivity index (χ1n) is 11.0. The number of benzene rings is 1. The van der Waals surface area contributed by atoms with Crippen LogP contribution in [0.2, 0.25) is 0 Å². The topological polar surface area (TPSA) is 90.5 Å². The number of hydrogen-bond acceptors (Lipinski definition) is 4. The molecule has 7 heteroatoms. The van der Waals surface area contributed by atoms with Gasteiger partial charge in [-0.2, -0.15) is 0 Å². The molecule has 1 aromatic rings. The molecule has 1 saturated heterocycles. The minimum atomic E-state index is -0.727. The standard InChI is InChI=1S/C23H36N4O3/c1-16(2)25-21(28)19-8-7-9-20(13-19)26-23(30)22(29)24-10-5-6-11-27-14-17(3)12-18(4)15-27/h7-9,13,16-18H,5-6,10-12,14-15H2,1-4H3,(H,24,29)(H,25,28)(H,26,30)/t17-,18-/m1/s1. The minimum absolute atomic E-state index is 0.0169. The molecular weight excluding hydrogens is 380 g/mol. The van der Waals surface area contributed by atoms with Gasteiger partial charge in [0.2, 0.25) is 0 Å². The van der Waals surface area contributed by atoms with Crippen molar-refractivity contribution in [3.63, 3.8) is 0 Å². The van der Waals surface area contributed by atoms with Gasteiger partial charge in [-0.15, -0.1) is 0 Å². The van der Waals surface area contributed by atoms with Crippen LogP contribution in [0.1, 0.15) is 57.3 Å². The van der Waals surface area contributed by atoms with E-state index in [0.717, 1.165) is 44.3 Å². The second-order valence-corrected chi connectivity index (χ2v) is 8.83.